The van der Waals surface area contributed by atoms with Crippen LogP contribution in [0.1, 0.15) is 5.56 Å². The van der Waals surface area contributed by atoms with E-state index in [-0.39, 0.29) is 37.0 Å². The number of nitrogens with one attached hydrogen (secondary N) is 1. The van der Waals surface area contributed by atoms with Gasteiger partial charge in [0.1, 0.15) is 23.1 Å². The number of hydrogen-bond acceptors (Lipinski definition) is 11. The van der Waals surface area contributed by atoms with Crippen LogP contribution in [0.5, 0.6) is 17.4 Å². The summed E-state index contributed by atoms with van der Waals surface area (Å²) in [7, 11) is -3.04. The minimum Gasteiger partial charge on any atom is -0.478 e. The topological polar surface area (TPSA) is 136 Å². The molecule has 20 heteroatoms. The highest BCUT2D eigenvalue weighted by Crippen LogP contribution is 2.34. The average Bonchev–Trinajstić information content (AvgIpc) is 3.44. The molecular weight excluding hydrogens is 670 g/mol. The fourth-order valence-electron chi connectivity index (χ4n) is 4.52. The van der Waals surface area contributed by atoms with Crippen LogP contribution in [0.15, 0.2) is 59.6 Å². The van der Waals surface area contributed by atoms with Crippen LogP contribution in [-0.2, 0) is 21.4 Å². The van der Waals surface area contributed by atoms with E-state index in [0.29, 0.717) is 20.9 Å². The molecule has 1 aliphatic heterocycles. The van der Waals surface area contributed by atoms with Gasteiger partial charge in [-0.3, -0.25) is 4.79 Å². The normalized spacial score (nSPS) is 16.3. The lowest BCUT2D eigenvalue weighted by atomic mass is 10.1. The lowest BCUT2D eigenvalue weighted by Gasteiger charge is -2.39. The SMILES string of the molecule is COc1nncc2sc(N3CCN(S(=O)(=O)c4ccc(OC(F)(F)F)cc4)[C@@H](C(=O)NCc4ccc(OC(F)(F)F)cc4)C3)nc12. The van der Waals surface area contributed by atoms with Crippen LogP contribution in [0.3, 0.4) is 0 Å². The number of aromatic nitrogens is 3. The zero-order valence-corrected chi connectivity index (χ0v) is 25.0. The van der Waals surface area contributed by atoms with Crippen LogP contribution in [0.25, 0.3) is 10.2 Å². The first-order valence-corrected chi connectivity index (χ1v) is 15.3. The van der Waals surface area contributed by atoms with Crippen LogP contribution >= 0.6 is 11.3 Å². The quantitative estimate of drug-likeness (QED) is 0.256. The minimum absolute atomic E-state index is 0.0853. The zero-order valence-electron chi connectivity index (χ0n) is 23.4. The van der Waals surface area contributed by atoms with E-state index < -0.39 is 46.2 Å². The first kappa shape index (κ1) is 32.9. The van der Waals surface area contributed by atoms with Crippen molar-refractivity contribution in [1.29, 1.82) is 0 Å². The van der Waals surface area contributed by atoms with Crippen LogP contribution in [0, 0.1) is 0 Å². The average molecular weight is 693 g/mol. The number of amides is 1. The van der Waals surface area contributed by atoms with Gasteiger partial charge < -0.3 is 24.4 Å². The van der Waals surface area contributed by atoms with Gasteiger partial charge in [0, 0.05) is 26.2 Å². The highest BCUT2D eigenvalue weighted by atomic mass is 32.2. The fourth-order valence-corrected chi connectivity index (χ4v) is 7.05. The van der Waals surface area contributed by atoms with Crippen molar-refractivity contribution in [3.8, 4) is 17.4 Å². The van der Waals surface area contributed by atoms with Crippen molar-refractivity contribution in [2.24, 2.45) is 0 Å². The van der Waals surface area contributed by atoms with Gasteiger partial charge in [0.2, 0.25) is 15.9 Å². The maximum atomic E-state index is 13.7. The van der Waals surface area contributed by atoms with Gasteiger partial charge in [-0.2, -0.15) is 9.40 Å². The molecule has 1 N–H and O–H groups in total. The number of thiazole rings is 1. The molecule has 2 aromatic heterocycles. The monoisotopic (exact) mass is 692 g/mol. The maximum absolute atomic E-state index is 13.7. The van der Waals surface area contributed by atoms with E-state index in [9.17, 15) is 39.6 Å². The van der Waals surface area contributed by atoms with Crippen molar-refractivity contribution in [3.05, 3.63) is 60.3 Å². The molecule has 1 fully saturated rings. The summed E-state index contributed by atoms with van der Waals surface area (Å²) in [5, 5.41) is 10.8. The molecule has 0 saturated carbocycles. The van der Waals surface area contributed by atoms with Gasteiger partial charge in [0.05, 0.1) is 22.9 Å². The predicted molar refractivity (Wildman–Crippen MR) is 150 cm³/mol. The summed E-state index contributed by atoms with van der Waals surface area (Å²) in [5.41, 5.74) is 0.802. The lowest BCUT2D eigenvalue weighted by molar-refractivity contribution is -0.275. The molecule has 0 spiro atoms. The summed E-state index contributed by atoms with van der Waals surface area (Å²) in [6, 6.07) is 6.90. The van der Waals surface area contributed by atoms with Crippen molar-refractivity contribution in [2.45, 2.75) is 30.2 Å². The van der Waals surface area contributed by atoms with Crippen molar-refractivity contribution in [1.82, 2.24) is 24.8 Å². The molecule has 0 unspecified atom stereocenters. The number of nitrogens with zero attached hydrogens (tertiary/aromatic N) is 5. The van der Waals surface area contributed by atoms with E-state index >= 15 is 0 Å². The van der Waals surface area contributed by atoms with E-state index in [1.165, 1.54) is 36.8 Å². The predicted octanol–water partition coefficient (Wildman–Crippen LogP) is 4.09. The second-order valence-corrected chi connectivity index (χ2v) is 12.5. The third-order valence-electron chi connectivity index (χ3n) is 6.55. The number of anilines is 1. The van der Waals surface area contributed by atoms with Gasteiger partial charge in [-0.05, 0) is 42.0 Å². The number of fused-ring (bicyclic) bond motifs is 1. The Balaban J connectivity index is 1.39. The number of piperazine rings is 1. The number of hydrogen-bond donors (Lipinski definition) is 1. The molecule has 4 aromatic rings. The Bertz CT molecular complexity index is 1800. The Morgan fingerprint density at radius 2 is 1.59 bits per heavy atom. The Hall–Kier alpha value is -4.43. The van der Waals surface area contributed by atoms with E-state index in [1.54, 1.807) is 4.90 Å². The third kappa shape index (κ3) is 7.68. The number of alkyl halides is 6. The zero-order chi connectivity index (χ0) is 33.3. The molecule has 1 saturated heterocycles. The number of benzene rings is 2. The van der Waals surface area contributed by atoms with Crippen molar-refractivity contribution >= 4 is 42.6 Å². The second-order valence-electron chi connectivity index (χ2n) is 9.57. The summed E-state index contributed by atoms with van der Waals surface area (Å²) in [5.74, 6) is -1.68. The molecule has 1 amide bonds. The van der Waals surface area contributed by atoms with E-state index in [2.05, 4.69) is 30.0 Å². The molecule has 1 atom stereocenters. The first-order chi connectivity index (χ1) is 21.6. The summed E-state index contributed by atoms with van der Waals surface area (Å²) >= 11 is 1.21. The smallest absolute Gasteiger partial charge is 0.478 e. The number of carbonyl (C=O) groups is 1. The van der Waals surface area contributed by atoms with Gasteiger partial charge in [0.25, 0.3) is 5.88 Å². The number of halogens is 6. The van der Waals surface area contributed by atoms with Crippen LogP contribution in [0.2, 0.25) is 0 Å². The molecule has 246 valence electrons. The van der Waals surface area contributed by atoms with Gasteiger partial charge in [-0.25, -0.2) is 13.4 Å². The Labute approximate surface area is 260 Å². The number of sulfonamides is 1. The largest absolute Gasteiger partial charge is 0.573 e. The minimum atomic E-state index is -4.98. The molecule has 46 heavy (non-hydrogen) atoms. The van der Waals surface area contributed by atoms with Gasteiger partial charge >= 0.3 is 12.7 Å². The first-order valence-electron chi connectivity index (χ1n) is 13.0. The van der Waals surface area contributed by atoms with E-state index in [0.717, 1.165) is 40.7 Å². The van der Waals surface area contributed by atoms with E-state index in [1.807, 2.05) is 0 Å². The van der Waals surface area contributed by atoms with Crippen molar-refractivity contribution < 1.29 is 53.8 Å². The molecule has 0 bridgehead atoms. The summed E-state index contributed by atoms with van der Waals surface area (Å²) in [6.07, 6.45) is -8.39. The Morgan fingerprint density at radius 3 is 2.17 bits per heavy atom. The summed E-state index contributed by atoms with van der Waals surface area (Å²) < 4.78 is 117. The molecule has 0 radical (unpaired) electrons. The third-order valence-corrected chi connectivity index (χ3v) is 9.53. The standard InChI is InChI=1S/C26H22F6N6O6S2/c1-42-23-21-20(13-34-36-23)45-24(35-21)37-10-11-38(46(40,41)18-8-6-17(7-9-18)44-26(30,31)32)19(14-37)22(39)33-12-15-2-4-16(5-3-15)43-25(27,28)29/h2-9,13,19H,10-12,14H2,1H3,(H,33,39)/t19-/m1/s1. The highest BCUT2D eigenvalue weighted by Gasteiger charge is 2.41. The van der Waals surface area contributed by atoms with Crippen LogP contribution in [-0.4, -0.2) is 79.3 Å². The number of ether oxygens (including phenoxy) is 3. The lowest BCUT2D eigenvalue weighted by Crippen LogP contribution is -2.60. The molecule has 12 nitrogen and oxygen atoms in total. The Morgan fingerprint density at radius 1 is 0.978 bits per heavy atom. The van der Waals surface area contributed by atoms with Crippen molar-refractivity contribution in [2.75, 3.05) is 31.6 Å². The molecule has 3 heterocycles. The maximum Gasteiger partial charge on any atom is 0.573 e. The summed E-state index contributed by atoms with van der Waals surface area (Å²) in [4.78, 5) is 19.4. The van der Waals surface area contributed by atoms with Crippen LogP contribution < -0.4 is 24.4 Å². The Kier molecular flexibility index (Phi) is 9.14. The molecule has 5 rings (SSSR count). The molecule has 2 aromatic carbocycles. The fraction of sp³-hybridized carbons (Fsp3) is 0.308. The number of carbonyl (C=O) groups excluding carboxylic acids is 1. The van der Waals surface area contributed by atoms with Crippen molar-refractivity contribution in [3.63, 3.8) is 0 Å². The van der Waals surface area contributed by atoms with Gasteiger partial charge in [-0.1, -0.05) is 23.5 Å². The van der Waals surface area contributed by atoms with Crippen LogP contribution in [0.4, 0.5) is 31.5 Å². The number of rotatable bonds is 9. The molecular formula is C26H22F6N6O6S2. The van der Waals surface area contributed by atoms with Gasteiger partial charge in [-0.15, -0.1) is 31.4 Å². The second kappa shape index (κ2) is 12.8. The van der Waals surface area contributed by atoms with Gasteiger partial charge in [0.15, 0.2) is 5.13 Å². The number of methoxy groups -OCH3 is 1. The highest BCUT2D eigenvalue weighted by molar-refractivity contribution is 7.89. The molecule has 1 aliphatic rings. The molecule has 0 aliphatic carbocycles. The summed E-state index contributed by atoms with van der Waals surface area (Å²) in [6.45, 7) is -0.480. The van der Waals surface area contributed by atoms with E-state index in [4.69, 9.17) is 4.74 Å².